The minimum Gasteiger partial charge on any atom is -0.353 e. The smallest absolute Gasteiger partial charge is 0.230 e. The minimum absolute atomic E-state index is 0.0391. The molecular weight excluding hydrogens is 454 g/mol. The molecule has 1 aliphatic heterocycles. The molecule has 0 spiro atoms. The van der Waals surface area contributed by atoms with E-state index < -0.39 is 0 Å². The zero-order valence-corrected chi connectivity index (χ0v) is 21.0. The number of hydrogen-bond acceptors (Lipinski definition) is 7. The molecule has 5 aliphatic carbocycles. The number of rotatable bonds is 6. The van der Waals surface area contributed by atoms with Crippen molar-refractivity contribution in [1.82, 2.24) is 20.4 Å². The van der Waals surface area contributed by atoms with Crippen LogP contribution in [0.25, 0.3) is 0 Å². The second-order valence-corrected chi connectivity index (χ2v) is 13.3. The summed E-state index contributed by atoms with van der Waals surface area (Å²) in [6, 6.07) is 0.362. The molecule has 0 radical (unpaired) electrons. The SMILES string of the molecule is O=C(CSc1nnc(N2CCN(C(=O)C34CC5CC(CC(C5)C3)C4)CC2)s1)NC1CCCC1. The van der Waals surface area contributed by atoms with Crippen LogP contribution >= 0.6 is 23.1 Å². The van der Waals surface area contributed by atoms with E-state index in [1.807, 2.05) is 0 Å². The van der Waals surface area contributed by atoms with Crippen LogP contribution in [0, 0.1) is 23.2 Å². The van der Waals surface area contributed by atoms with Gasteiger partial charge in [-0.25, -0.2) is 0 Å². The Morgan fingerprint density at radius 2 is 1.61 bits per heavy atom. The molecule has 1 saturated heterocycles. The third-order valence-electron chi connectivity index (χ3n) is 8.77. The molecule has 0 atom stereocenters. The van der Waals surface area contributed by atoms with Crippen LogP contribution in [0.5, 0.6) is 0 Å². The van der Waals surface area contributed by atoms with Crippen molar-refractivity contribution < 1.29 is 9.59 Å². The molecule has 2 amide bonds. The Kier molecular flexibility index (Phi) is 6.05. The molecule has 2 heterocycles. The Morgan fingerprint density at radius 1 is 0.970 bits per heavy atom. The van der Waals surface area contributed by atoms with Crippen LogP contribution in [0.3, 0.4) is 0 Å². The largest absolute Gasteiger partial charge is 0.353 e. The van der Waals surface area contributed by atoms with Gasteiger partial charge in [0.1, 0.15) is 0 Å². The fourth-order valence-electron chi connectivity index (χ4n) is 7.66. The third-order valence-corrected chi connectivity index (χ3v) is 10.9. The number of thioether (sulfide) groups is 1. The molecule has 7 nitrogen and oxygen atoms in total. The fraction of sp³-hybridized carbons (Fsp3) is 0.833. The van der Waals surface area contributed by atoms with Gasteiger partial charge in [0.25, 0.3) is 0 Å². The van der Waals surface area contributed by atoms with Crippen LogP contribution in [-0.2, 0) is 9.59 Å². The second-order valence-electron chi connectivity index (χ2n) is 11.2. The Balaban J connectivity index is 0.996. The van der Waals surface area contributed by atoms with Crippen molar-refractivity contribution in [3.05, 3.63) is 0 Å². The van der Waals surface area contributed by atoms with Gasteiger partial charge in [-0.15, -0.1) is 10.2 Å². The molecule has 7 rings (SSSR count). The molecule has 1 aromatic rings. The van der Waals surface area contributed by atoms with E-state index in [1.165, 1.54) is 43.9 Å². The predicted molar refractivity (Wildman–Crippen MR) is 130 cm³/mol. The predicted octanol–water partition coefficient (Wildman–Crippen LogP) is 3.55. The highest BCUT2D eigenvalue weighted by Gasteiger charge is 2.55. The normalized spacial score (nSPS) is 33.6. The van der Waals surface area contributed by atoms with Gasteiger partial charge < -0.3 is 15.1 Å². The van der Waals surface area contributed by atoms with Crippen LogP contribution in [0.2, 0.25) is 0 Å². The van der Waals surface area contributed by atoms with Gasteiger partial charge in [-0.1, -0.05) is 35.9 Å². The first-order valence-electron chi connectivity index (χ1n) is 12.9. The molecule has 1 N–H and O–H groups in total. The number of hydrogen-bond donors (Lipinski definition) is 1. The number of nitrogens with one attached hydrogen (secondary N) is 1. The highest BCUT2D eigenvalue weighted by Crippen LogP contribution is 2.60. The lowest BCUT2D eigenvalue weighted by Crippen LogP contribution is -2.58. The Hall–Kier alpha value is -1.35. The molecule has 0 unspecified atom stereocenters. The van der Waals surface area contributed by atoms with Gasteiger partial charge in [0.05, 0.1) is 11.2 Å². The molecule has 5 saturated carbocycles. The topological polar surface area (TPSA) is 78.4 Å². The van der Waals surface area contributed by atoms with Gasteiger partial charge in [0.2, 0.25) is 16.9 Å². The zero-order chi connectivity index (χ0) is 22.4. The maximum absolute atomic E-state index is 13.6. The van der Waals surface area contributed by atoms with Gasteiger partial charge in [0, 0.05) is 32.2 Å². The van der Waals surface area contributed by atoms with Crippen molar-refractivity contribution in [3.63, 3.8) is 0 Å². The number of nitrogens with zero attached hydrogens (tertiary/aromatic N) is 4. The lowest BCUT2D eigenvalue weighted by molar-refractivity contribution is -0.158. The van der Waals surface area contributed by atoms with E-state index in [9.17, 15) is 9.59 Å². The number of carbonyl (C=O) groups excluding carboxylic acids is 2. The average Bonchev–Trinajstić information content (AvgIpc) is 3.49. The van der Waals surface area contributed by atoms with Crippen molar-refractivity contribution in [1.29, 1.82) is 0 Å². The molecule has 6 aliphatic rings. The van der Waals surface area contributed by atoms with Crippen LogP contribution in [0.4, 0.5) is 5.13 Å². The quantitative estimate of drug-likeness (QED) is 0.616. The minimum atomic E-state index is -0.0391. The van der Waals surface area contributed by atoms with Gasteiger partial charge in [-0.2, -0.15) is 0 Å². The van der Waals surface area contributed by atoms with E-state index in [2.05, 4.69) is 25.3 Å². The summed E-state index contributed by atoms with van der Waals surface area (Å²) in [6.07, 6.45) is 12.2. The van der Waals surface area contributed by atoms with Crippen LogP contribution in [-0.4, -0.2) is 64.9 Å². The number of carbonyl (C=O) groups is 2. The summed E-state index contributed by atoms with van der Waals surface area (Å²) < 4.78 is 0.846. The van der Waals surface area contributed by atoms with E-state index in [-0.39, 0.29) is 11.3 Å². The van der Waals surface area contributed by atoms with Gasteiger partial charge >= 0.3 is 0 Å². The monoisotopic (exact) mass is 489 g/mol. The van der Waals surface area contributed by atoms with Crippen LogP contribution in [0.15, 0.2) is 4.34 Å². The standard InChI is InChI=1S/C24H35N5O2S2/c30-20(25-19-3-1-2-4-19)15-32-23-27-26-22(33-23)29-7-5-28(6-8-29)21(31)24-12-16-9-17(13-24)11-18(10-16)14-24/h16-19H,1-15H2,(H,25,30). The Bertz CT molecular complexity index is 856. The zero-order valence-electron chi connectivity index (χ0n) is 19.3. The lowest BCUT2D eigenvalue weighted by Gasteiger charge is -2.57. The van der Waals surface area contributed by atoms with E-state index >= 15 is 0 Å². The van der Waals surface area contributed by atoms with Crippen molar-refractivity contribution >= 4 is 40.0 Å². The van der Waals surface area contributed by atoms with Crippen molar-refractivity contribution in [3.8, 4) is 0 Å². The van der Waals surface area contributed by atoms with Crippen LogP contribution < -0.4 is 10.2 Å². The highest BCUT2D eigenvalue weighted by molar-refractivity contribution is 8.01. The summed E-state index contributed by atoms with van der Waals surface area (Å²) in [5.41, 5.74) is -0.0391. The number of anilines is 1. The first-order chi connectivity index (χ1) is 16.1. The maximum Gasteiger partial charge on any atom is 0.230 e. The van der Waals surface area contributed by atoms with E-state index in [4.69, 9.17) is 0 Å². The van der Waals surface area contributed by atoms with Gasteiger partial charge in [0.15, 0.2) is 4.34 Å². The summed E-state index contributed by atoms with van der Waals surface area (Å²) in [5, 5.41) is 12.7. The fourth-order valence-corrected chi connectivity index (χ4v) is 9.37. The lowest BCUT2D eigenvalue weighted by atomic mass is 9.49. The number of amides is 2. The van der Waals surface area contributed by atoms with E-state index in [0.717, 1.165) is 85.5 Å². The first-order valence-corrected chi connectivity index (χ1v) is 14.7. The average molecular weight is 490 g/mol. The Labute approximate surface area is 204 Å². The van der Waals surface area contributed by atoms with Crippen molar-refractivity contribution in [2.75, 3.05) is 36.8 Å². The van der Waals surface area contributed by atoms with Crippen molar-refractivity contribution in [2.24, 2.45) is 23.2 Å². The summed E-state index contributed by atoms with van der Waals surface area (Å²) >= 11 is 3.04. The molecule has 9 heteroatoms. The summed E-state index contributed by atoms with van der Waals surface area (Å²) in [6.45, 7) is 3.21. The Morgan fingerprint density at radius 3 is 2.24 bits per heavy atom. The second kappa shape index (κ2) is 9.02. The molecule has 33 heavy (non-hydrogen) atoms. The van der Waals surface area contributed by atoms with E-state index in [0.29, 0.717) is 17.7 Å². The number of piperazine rings is 1. The first kappa shape index (κ1) is 22.1. The molecular formula is C24H35N5O2S2. The highest BCUT2D eigenvalue weighted by atomic mass is 32.2. The molecule has 180 valence electrons. The summed E-state index contributed by atoms with van der Waals surface area (Å²) in [7, 11) is 0. The number of aromatic nitrogens is 2. The third kappa shape index (κ3) is 4.51. The van der Waals surface area contributed by atoms with Crippen molar-refractivity contribution in [2.45, 2.75) is 74.6 Å². The van der Waals surface area contributed by atoms with Gasteiger partial charge in [-0.05, 0) is 69.1 Å². The van der Waals surface area contributed by atoms with Crippen LogP contribution in [0.1, 0.15) is 64.2 Å². The summed E-state index contributed by atoms with van der Waals surface area (Å²) in [5.74, 6) is 3.36. The van der Waals surface area contributed by atoms with E-state index in [1.54, 1.807) is 11.3 Å². The summed E-state index contributed by atoms with van der Waals surface area (Å²) in [4.78, 5) is 30.2. The maximum atomic E-state index is 13.6. The molecule has 6 fully saturated rings. The molecule has 0 aromatic carbocycles. The van der Waals surface area contributed by atoms with Gasteiger partial charge in [-0.3, -0.25) is 9.59 Å². The molecule has 1 aromatic heterocycles. The molecule has 4 bridgehead atoms.